The summed E-state index contributed by atoms with van der Waals surface area (Å²) in [4.78, 5) is 34.3. The van der Waals surface area contributed by atoms with Crippen molar-refractivity contribution in [1.82, 2.24) is 14.5 Å². The number of halogens is 1. The lowest BCUT2D eigenvalue weighted by atomic mass is 10.1. The summed E-state index contributed by atoms with van der Waals surface area (Å²) in [6.45, 7) is 8.43. The van der Waals surface area contributed by atoms with Crippen LogP contribution in [0, 0.1) is 20.8 Å². The summed E-state index contributed by atoms with van der Waals surface area (Å²) in [5.74, 6) is -0.0482. The Balaban J connectivity index is 1.53. The van der Waals surface area contributed by atoms with Gasteiger partial charge >= 0.3 is 0 Å². The number of piperazine rings is 1. The van der Waals surface area contributed by atoms with Crippen molar-refractivity contribution in [3.05, 3.63) is 68.6 Å². The van der Waals surface area contributed by atoms with Gasteiger partial charge in [0.1, 0.15) is 12.2 Å². The number of aromatic nitrogens is 2. The van der Waals surface area contributed by atoms with Crippen LogP contribution in [0.5, 0.6) is 0 Å². The molecular formula is C23H25ClN4O2. The summed E-state index contributed by atoms with van der Waals surface area (Å²) in [6.07, 6.45) is 0. The van der Waals surface area contributed by atoms with Crippen molar-refractivity contribution in [2.75, 3.05) is 31.1 Å². The number of nitrogens with zero attached hydrogens (tertiary/aromatic N) is 4. The maximum atomic E-state index is 13.0. The summed E-state index contributed by atoms with van der Waals surface area (Å²) in [6, 6.07) is 11.7. The van der Waals surface area contributed by atoms with Crippen molar-refractivity contribution in [2.24, 2.45) is 0 Å². The molecule has 2 heterocycles. The van der Waals surface area contributed by atoms with E-state index in [-0.39, 0.29) is 18.0 Å². The minimum atomic E-state index is -0.211. The molecule has 1 aliphatic rings. The SMILES string of the molecule is Cc1cc2nc(C)c(=O)n(CC(=O)N3CCN(c4cccc(Cl)c4)CC3)c2cc1C. The van der Waals surface area contributed by atoms with Gasteiger partial charge in [0.15, 0.2) is 0 Å². The molecule has 0 bridgehead atoms. The van der Waals surface area contributed by atoms with Gasteiger partial charge in [0.25, 0.3) is 5.56 Å². The van der Waals surface area contributed by atoms with Crippen LogP contribution in [0.4, 0.5) is 5.69 Å². The van der Waals surface area contributed by atoms with Gasteiger partial charge in [0, 0.05) is 36.9 Å². The standard InChI is InChI=1S/C23H25ClN4O2/c1-15-11-20-21(12-16(15)2)28(23(30)17(3)25-20)14-22(29)27-9-7-26(8-10-27)19-6-4-5-18(24)13-19/h4-6,11-13H,7-10,14H2,1-3H3. The third-order valence-electron chi connectivity index (χ3n) is 5.82. The summed E-state index contributed by atoms with van der Waals surface area (Å²) in [7, 11) is 0. The van der Waals surface area contributed by atoms with E-state index in [4.69, 9.17) is 11.6 Å². The van der Waals surface area contributed by atoms with Gasteiger partial charge < -0.3 is 9.80 Å². The van der Waals surface area contributed by atoms with E-state index in [0.29, 0.717) is 29.3 Å². The van der Waals surface area contributed by atoms with E-state index in [1.165, 1.54) is 0 Å². The van der Waals surface area contributed by atoms with Gasteiger partial charge in [-0.25, -0.2) is 4.98 Å². The summed E-state index contributed by atoms with van der Waals surface area (Å²) >= 11 is 6.10. The predicted molar refractivity (Wildman–Crippen MR) is 120 cm³/mol. The first-order valence-corrected chi connectivity index (χ1v) is 10.5. The lowest BCUT2D eigenvalue weighted by Crippen LogP contribution is -2.50. The van der Waals surface area contributed by atoms with E-state index in [1.807, 2.05) is 55.1 Å². The number of hydrogen-bond acceptors (Lipinski definition) is 4. The van der Waals surface area contributed by atoms with Gasteiger partial charge in [-0.2, -0.15) is 0 Å². The van der Waals surface area contributed by atoms with Crippen molar-refractivity contribution in [3.63, 3.8) is 0 Å². The van der Waals surface area contributed by atoms with Crippen molar-refractivity contribution >= 4 is 34.2 Å². The first-order chi connectivity index (χ1) is 14.3. The Bertz CT molecular complexity index is 1180. The van der Waals surface area contributed by atoms with Crippen LogP contribution in [0.3, 0.4) is 0 Å². The minimum absolute atomic E-state index is 0.0262. The van der Waals surface area contributed by atoms with Crippen LogP contribution in [0.1, 0.15) is 16.8 Å². The van der Waals surface area contributed by atoms with Gasteiger partial charge in [-0.3, -0.25) is 14.2 Å². The fourth-order valence-electron chi connectivity index (χ4n) is 3.90. The van der Waals surface area contributed by atoms with Gasteiger partial charge in [0.05, 0.1) is 11.0 Å². The van der Waals surface area contributed by atoms with Crippen LogP contribution in [0.25, 0.3) is 11.0 Å². The Hall–Kier alpha value is -2.86. The Labute approximate surface area is 180 Å². The van der Waals surface area contributed by atoms with E-state index in [9.17, 15) is 9.59 Å². The third kappa shape index (κ3) is 3.92. The predicted octanol–water partition coefficient (Wildman–Crippen LogP) is 3.32. The van der Waals surface area contributed by atoms with Crippen LogP contribution in [0.15, 0.2) is 41.2 Å². The summed E-state index contributed by atoms with van der Waals surface area (Å²) in [5.41, 5.74) is 4.90. The van der Waals surface area contributed by atoms with Crippen molar-refractivity contribution in [2.45, 2.75) is 27.3 Å². The Morgan fingerprint density at radius 1 is 1.03 bits per heavy atom. The van der Waals surface area contributed by atoms with Gasteiger partial charge in [-0.1, -0.05) is 17.7 Å². The normalized spacial score (nSPS) is 14.4. The monoisotopic (exact) mass is 424 g/mol. The molecule has 2 aromatic carbocycles. The van der Waals surface area contributed by atoms with E-state index in [1.54, 1.807) is 11.5 Å². The lowest BCUT2D eigenvalue weighted by molar-refractivity contribution is -0.132. The number of carbonyl (C=O) groups excluding carboxylic acids is 1. The molecule has 0 atom stereocenters. The van der Waals surface area contributed by atoms with Crippen LogP contribution < -0.4 is 10.5 Å². The maximum Gasteiger partial charge on any atom is 0.272 e. The molecule has 1 fully saturated rings. The highest BCUT2D eigenvalue weighted by atomic mass is 35.5. The van der Waals surface area contributed by atoms with Gasteiger partial charge in [-0.15, -0.1) is 0 Å². The molecular weight excluding hydrogens is 400 g/mol. The molecule has 0 saturated carbocycles. The summed E-state index contributed by atoms with van der Waals surface area (Å²) in [5, 5.41) is 0.704. The van der Waals surface area contributed by atoms with Crippen LogP contribution >= 0.6 is 11.6 Å². The Kier molecular flexibility index (Phi) is 5.52. The van der Waals surface area contributed by atoms with Crippen LogP contribution in [-0.4, -0.2) is 46.5 Å². The van der Waals surface area contributed by atoms with Gasteiger partial charge in [-0.05, 0) is 62.2 Å². The molecule has 30 heavy (non-hydrogen) atoms. The molecule has 3 aromatic rings. The smallest absolute Gasteiger partial charge is 0.272 e. The third-order valence-corrected chi connectivity index (χ3v) is 6.06. The maximum absolute atomic E-state index is 13.0. The van der Waals surface area contributed by atoms with E-state index >= 15 is 0 Å². The van der Waals surface area contributed by atoms with Gasteiger partial charge in [0.2, 0.25) is 5.91 Å². The van der Waals surface area contributed by atoms with Crippen molar-refractivity contribution in [1.29, 1.82) is 0 Å². The molecule has 0 N–H and O–H groups in total. The molecule has 0 unspecified atom stereocenters. The molecule has 0 spiro atoms. The number of fused-ring (bicyclic) bond motifs is 1. The zero-order chi connectivity index (χ0) is 21.4. The first kappa shape index (κ1) is 20.4. The van der Waals surface area contributed by atoms with Crippen LogP contribution in [0.2, 0.25) is 5.02 Å². The zero-order valence-electron chi connectivity index (χ0n) is 17.5. The number of hydrogen-bond donors (Lipinski definition) is 0. The minimum Gasteiger partial charge on any atom is -0.368 e. The molecule has 1 saturated heterocycles. The Morgan fingerprint density at radius 2 is 1.73 bits per heavy atom. The fraction of sp³-hybridized carbons (Fsp3) is 0.348. The largest absolute Gasteiger partial charge is 0.368 e. The van der Waals surface area contributed by atoms with Crippen molar-refractivity contribution < 1.29 is 4.79 Å². The highest BCUT2D eigenvalue weighted by Gasteiger charge is 2.23. The molecule has 6 nitrogen and oxygen atoms in total. The second-order valence-electron chi connectivity index (χ2n) is 7.86. The molecule has 1 amide bonds. The number of anilines is 1. The number of amides is 1. The van der Waals surface area contributed by atoms with E-state index in [2.05, 4.69) is 9.88 Å². The molecule has 1 aliphatic heterocycles. The molecule has 0 aliphatic carbocycles. The molecule has 1 aromatic heterocycles. The van der Waals surface area contributed by atoms with E-state index in [0.717, 1.165) is 35.4 Å². The number of aryl methyl sites for hydroxylation is 3. The molecule has 7 heteroatoms. The quantitative estimate of drug-likeness (QED) is 0.647. The second kappa shape index (κ2) is 8.11. The lowest BCUT2D eigenvalue weighted by Gasteiger charge is -2.36. The molecule has 156 valence electrons. The van der Waals surface area contributed by atoms with Crippen LogP contribution in [-0.2, 0) is 11.3 Å². The first-order valence-electron chi connectivity index (χ1n) is 10.1. The second-order valence-corrected chi connectivity index (χ2v) is 8.30. The highest BCUT2D eigenvalue weighted by molar-refractivity contribution is 6.30. The number of benzene rings is 2. The Morgan fingerprint density at radius 3 is 2.43 bits per heavy atom. The van der Waals surface area contributed by atoms with Crippen molar-refractivity contribution in [3.8, 4) is 0 Å². The molecule has 0 radical (unpaired) electrons. The average molecular weight is 425 g/mol. The highest BCUT2D eigenvalue weighted by Crippen LogP contribution is 2.21. The fourth-order valence-corrected chi connectivity index (χ4v) is 4.09. The zero-order valence-corrected chi connectivity index (χ0v) is 18.2. The number of carbonyl (C=O) groups is 1. The summed E-state index contributed by atoms with van der Waals surface area (Å²) < 4.78 is 1.57. The van der Waals surface area contributed by atoms with E-state index < -0.39 is 0 Å². The molecule has 4 rings (SSSR count). The topological polar surface area (TPSA) is 58.4 Å². The average Bonchev–Trinajstić information content (AvgIpc) is 2.73. The number of rotatable bonds is 3.